The van der Waals surface area contributed by atoms with Crippen molar-refractivity contribution < 1.29 is 13.6 Å². The minimum absolute atomic E-state index is 0.0214. The molecule has 3 nitrogen and oxygen atoms in total. The maximum atomic E-state index is 12.6. The Morgan fingerprint density at radius 1 is 1.45 bits per heavy atom. The van der Waals surface area contributed by atoms with Crippen LogP contribution >= 0.6 is 0 Å². The van der Waals surface area contributed by atoms with Crippen LogP contribution in [0.1, 0.15) is 28.8 Å². The maximum absolute atomic E-state index is 12.6. The molecule has 5 heteroatoms. The van der Waals surface area contributed by atoms with E-state index in [2.05, 4.69) is 4.98 Å². The number of aryl methyl sites for hydroxylation is 1. The Kier molecular flexibility index (Phi) is 3.20. The van der Waals surface area contributed by atoms with Gasteiger partial charge < -0.3 is 9.88 Å². The Morgan fingerprint density at radius 2 is 2.20 bits per heavy atom. The largest absolute Gasteiger partial charge is 0.360 e. The molecule has 1 heterocycles. The number of benzene rings is 1. The van der Waals surface area contributed by atoms with Crippen LogP contribution in [0, 0.1) is 6.92 Å². The summed E-state index contributed by atoms with van der Waals surface area (Å²) in [6, 6.07) is 5.70. The molecule has 20 heavy (non-hydrogen) atoms. The van der Waals surface area contributed by atoms with Crippen molar-refractivity contribution in [2.24, 2.45) is 0 Å². The first kappa shape index (κ1) is 13.1. The summed E-state index contributed by atoms with van der Waals surface area (Å²) in [5.41, 5.74) is 2.43. The number of carbonyl (C=O) groups is 1. The standard InChI is InChI=1S/C15H16F2N2O/c1-9-2-5-11-12(7-18-13(11)6-9)15(20)19(8-14(16)17)10-3-4-10/h2,5-7,10,14,18H,3-4,8H2,1H3. The number of nitrogens with zero attached hydrogens (tertiary/aromatic N) is 1. The smallest absolute Gasteiger partial charge is 0.256 e. The number of carbonyl (C=O) groups excluding carboxylic acids is 1. The number of aromatic amines is 1. The summed E-state index contributed by atoms with van der Waals surface area (Å²) in [7, 11) is 0. The van der Waals surface area contributed by atoms with Crippen molar-refractivity contribution in [3.8, 4) is 0 Å². The van der Waals surface area contributed by atoms with Gasteiger partial charge in [0.25, 0.3) is 12.3 Å². The van der Waals surface area contributed by atoms with Crippen molar-refractivity contribution in [1.29, 1.82) is 0 Å². The highest BCUT2D eigenvalue weighted by Crippen LogP contribution is 2.30. The van der Waals surface area contributed by atoms with Gasteiger partial charge in [-0.3, -0.25) is 4.79 Å². The summed E-state index contributed by atoms with van der Waals surface area (Å²) in [5, 5.41) is 0.792. The van der Waals surface area contributed by atoms with E-state index in [-0.39, 0.29) is 11.9 Å². The molecule has 106 valence electrons. The molecule has 0 atom stereocenters. The lowest BCUT2D eigenvalue weighted by Crippen LogP contribution is -2.36. The van der Waals surface area contributed by atoms with Gasteiger partial charge in [0, 0.05) is 23.1 Å². The highest BCUT2D eigenvalue weighted by atomic mass is 19.3. The fourth-order valence-corrected chi connectivity index (χ4v) is 2.50. The molecular weight excluding hydrogens is 262 g/mol. The minimum Gasteiger partial charge on any atom is -0.360 e. The van der Waals surface area contributed by atoms with Crippen LogP contribution in [0.25, 0.3) is 10.9 Å². The molecule has 3 rings (SSSR count). The van der Waals surface area contributed by atoms with E-state index >= 15 is 0 Å². The molecule has 1 aliphatic rings. The van der Waals surface area contributed by atoms with Gasteiger partial charge in [-0.15, -0.1) is 0 Å². The second-order valence-electron chi connectivity index (χ2n) is 5.33. The van der Waals surface area contributed by atoms with Crippen molar-refractivity contribution in [3.63, 3.8) is 0 Å². The monoisotopic (exact) mass is 278 g/mol. The molecule has 1 aromatic carbocycles. The molecule has 1 saturated carbocycles. The number of aromatic nitrogens is 1. The summed E-state index contributed by atoms with van der Waals surface area (Å²) in [5.74, 6) is -0.303. The zero-order valence-electron chi connectivity index (χ0n) is 11.2. The zero-order valence-corrected chi connectivity index (χ0v) is 11.2. The van der Waals surface area contributed by atoms with Gasteiger partial charge in [0.2, 0.25) is 0 Å². The van der Waals surface area contributed by atoms with Crippen LogP contribution in [-0.4, -0.2) is 34.8 Å². The van der Waals surface area contributed by atoms with Crippen LogP contribution in [0.15, 0.2) is 24.4 Å². The maximum Gasteiger partial charge on any atom is 0.256 e. The number of nitrogens with one attached hydrogen (secondary N) is 1. The normalized spacial score (nSPS) is 15.0. The number of hydrogen-bond donors (Lipinski definition) is 1. The second-order valence-corrected chi connectivity index (χ2v) is 5.33. The molecule has 0 radical (unpaired) electrons. The van der Waals surface area contributed by atoms with Gasteiger partial charge in [0.15, 0.2) is 0 Å². The average Bonchev–Trinajstić information content (AvgIpc) is 3.15. The number of amides is 1. The summed E-state index contributed by atoms with van der Waals surface area (Å²) >= 11 is 0. The van der Waals surface area contributed by atoms with E-state index in [0.29, 0.717) is 5.56 Å². The van der Waals surface area contributed by atoms with Gasteiger partial charge in [0.1, 0.15) is 0 Å². The average molecular weight is 278 g/mol. The number of rotatable bonds is 4. The quantitative estimate of drug-likeness (QED) is 0.914. The van der Waals surface area contributed by atoms with Crippen LogP contribution in [-0.2, 0) is 0 Å². The van der Waals surface area contributed by atoms with E-state index in [1.807, 2.05) is 25.1 Å². The van der Waals surface area contributed by atoms with E-state index < -0.39 is 13.0 Å². The predicted octanol–water partition coefficient (Wildman–Crippen LogP) is 3.35. The Labute approximate surface area is 115 Å². The topological polar surface area (TPSA) is 36.1 Å². The first-order valence-electron chi connectivity index (χ1n) is 6.73. The van der Waals surface area contributed by atoms with Gasteiger partial charge in [-0.05, 0) is 31.4 Å². The van der Waals surface area contributed by atoms with Crippen LogP contribution in [0.2, 0.25) is 0 Å². The van der Waals surface area contributed by atoms with E-state index in [0.717, 1.165) is 29.3 Å². The molecule has 1 fully saturated rings. The first-order valence-corrected chi connectivity index (χ1v) is 6.73. The van der Waals surface area contributed by atoms with Crippen LogP contribution in [0.5, 0.6) is 0 Å². The number of H-pyrrole nitrogens is 1. The molecule has 1 amide bonds. The highest BCUT2D eigenvalue weighted by molar-refractivity contribution is 6.07. The molecular formula is C15H16F2N2O. The molecule has 0 spiro atoms. The Bertz CT molecular complexity index is 646. The fourth-order valence-electron chi connectivity index (χ4n) is 2.50. The summed E-state index contributed by atoms with van der Waals surface area (Å²) in [6.45, 7) is 1.48. The fraction of sp³-hybridized carbons (Fsp3) is 0.400. The Morgan fingerprint density at radius 3 is 2.85 bits per heavy atom. The van der Waals surface area contributed by atoms with Gasteiger partial charge in [-0.1, -0.05) is 12.1 Å². The van der Waals surface area contributed by atoms with Crippen LogP contribution < -0.4 is 0 Å². The molecule has 0 bridgehead atoms. The molecule has 1 N–H and O–H groups in total. The van der Waals surface area contributed by atoms with Crippen molar-refractivity contribution in [2.75, 3.05) is 6.54 Å². The number of hydrogen-bond acceptors (Lipinski definition) is 1. The lowest BCUT2D eigenvalue weighted by molar-refractivity contribution is 0.0536. The number of halogens is 2. The minimum atomic E-state index is -2.49. The van der Waals surface area contributed by atoms with E-state index in [9.17, 15) is 13.6 Å². The zero-order chi connectivity index (χ0) is 14.3. The van der Waals surface area contributed by atoms with Crippen molar-refractivity contribution in [3.05, 3.63) is 35.5 Å². The van der Waals surface area contributed by atoms with E-state index in [1.54, 1.807) is 6.20 Å². The van der Waals surface area contributed by atoms with Crippen molar-refractivity contribution in [2.45, 2.75) is 32.2 Å². The Hall–Kier alpha value is -1.91. The number of alkyl halides is 2. The molecule has 0 unspecified atom stereocenters. The van der Waals surface area contributed by atoms with Gasteiger partial charge in [0.05, 0.1) is 12.1 Å². The van der Waals surface area contributed by atoms with Gasteiger partial charge in [-0.2, -0.15) is 0 Å². The summed E-state index contributed by atoms with van der Waals surface area (Å²) in [6.07, 6.45) is 0.764. The molecule has 0 saturated heterocycles. The number of fused-ring (bicyclic) bond motifs is 1. The molecule has 1 aromatic heterocycles. The lowest BCUT2D eigenvalue weighted by atomic mass is 10.1. The predicted molar refractivity (Wildman–Crippen MR) is 73.1 cm³/mol. The third kappa shape index (κ3) is 2.40. The SMILES string of the molecule is Cc1ccc2c(C(=O)N(CC(F)F)C3CC3)c[nH]c2c1. The summed E-state index contributed by atoms with van der Waals surface area (Å²) < 4.78 is 25.3. The highest BCUT2D eigenvalue weighted by Gasteiger charge is 2.35. The van der Waals surface area contributed by atoms with Crippen molar-refractivity contribution >= 4 is 16.8 Å². The van der Waals surface area contributed by atoms with E-state index in [1.165, 1.54) is 4.90 Å². The first-order chi connectivity index (χ1) is 9.56. The molecule has 1 aliphatic carbocycles. The van der Waals surface area contributed by atoms with Crippen LogP contribution in [0.3, 0.4) is 0 Å². The van der Waals surface area contributed by atoms with Gasteiger partial charge in [-0.25, -0.2) is 8.78 Å². The van der Waals surface area contributed by atoms with Crippen molar-refractivity contribution in [1.82, 2.24) is 9.88 Å². The summed E-state index contributed by atoms with van der Waals surface area (Å²) in [4.78, 5) is 16.8. The third-order valence-electron chi connectivity index (χ3n) is 3.65. The Balaban J connectivity index is 1.94. The van der Waals surface area contributed by atoms with Crippen LogP contribution in [0.4, 0.5) is 8.78 Å². The lowest BCUT2D eigenvalue weighted by Gasteiger charge is -2.21. The van der Waals surface area contributed by atoms with Gasteiger partial charge >= 0.3 is 0 Å². The second kappa shape index (κ2) is 4.89. The molecule has 2 aromatic rings. The van der Waals surface area contributed by atoms with E-state index in [4.69, 9.17) is 0 Å². The molecule has 0 aliphatic heterocycles. The third-order valence-corrected chi connectivity index (χ3v) is 3.65.